The number of carbonyl (C=O) groups is 1. The van der Waals surface area contributed by atoms with Gasteiger partial charge < -0.3 is 40.3 Å². The summed E-state index contributed by atoms with van der Waals surface area (Å²) in [6.45, 7) is 3.79. The predicted molar refractivity (Wildman–Crippen MR) is 355 cm³/mol. The van der Waals surface area contributed by atoms with E-state index in [1.54, 1.807) is 6.08 Å². The van der Waals surface area contributed by atoms with Gasteiger partial charge in [0.25, 0.3) is 0 Å². The molecule has 6 N–H and O–H groups in total. The lowest BCUT2D eigenvalue weighted by atomic mass is 9.99. The summed E-state index contributed by atoms with van der Waals surface area (Å²) in [6.07, 6.45) is 81.6. The smallest absolute Gasteiger partial charge is 0.220 e. The van der Waals surface area contributed by atoms with E-state index in [-0.39, 0.29) is 12.5 Å². The number of ether oxygens (including phenoxy) is 2. The second kappa shape index (κ2) is 62.7. The van der Waals surface area contributed by atoms with Crippen LogP contribution < -0.4 is 5.32 Å². The minimum atomic E-state index is -1.58. The average Bonchev–Trinajstić information content (AvgIpc) is 3.61. The number of rotatable bonds is 62. The van der Waals surface area contributed by atoms with E-state index in [4.69, 9.17) is 9.47 Å². The third kappa shape index (κ3) is 51.4. The van der Waals surface area contributed by atoms with Gasteiger partial charge in [0.1, 0.15) is 24.4 Å². The van der Waals surface area contributed by atoms with E-state index in [9.17, 15) is 30.3 Å². The largest absolute Gasteiger partial charge is 0.394 e. The van der Waals surface area contributed by atoms with Crippen LogP contribution in [0.2, 0.25) is 0 Å². The van der Waals surface area contributed by atoms with Gasteiger partial charge in [-0.15, -0.1) is 0 Å². The number of aliphatic hydroxyl groups is 5. The number of hydrogen-bond acceptors (Lipinski definition) is 8. The first-order valence-corrected chi connectivity index (χ1v) is 35.7. The van der Waals surface area contributed by atoms with Crippen molar-refractivity contribution in [2.75, 3.05) is 13.2 Å². The molecule has 1 rings (SSSR count). The molecule has 484 valence electrons. The molecule has 7 unspecified atom stereocenters. The van der Waals surface area contributed by atoms with Gasteiger partial charge in [-0.3, -0.25) is 4.79 Å². The number of nitrogens with one attached hydrogen (secondary N) is 1. The van der Waals surface area contributed by atoms with Crippen molar-refractivity contribution < 1.29 is 39.8 Å². The van der Waals surface area contributed by atoms with Crippen LogP contribution >= 0.6 is 0 Å². The minimum Gasteiger partial charge on any atom is -0.394 e. The molecule has 0 aliphatic carbocycles. The molecule has 0 aromatic heterocycles. The minimum absolute atomic E-state index is 0.188. The molecule has 1 amide bonds. The molecular formula is C74H135NO8. The van der Waals surface area contributed by atoms with E-state index in [2.05, 4.69) is 79.9 Å². The fraction of sp³-hybridized carbons (Fsp3) is 0.824. The number of unbranched alkanes of at least 4 members (excludes halogenated alkanes) is 42. The highest BCUT2D eigenvalue weighted by Crippen LogP contribution is 2.23. The van der Waals surface area contributed by atoms with Crippen LogP contribution in [0, 0.1) is 0 Å². The Bertz CT molecular complexity index is 1540. The Morgan fingerprint density at radius 2 is 0.723 bits per heavy atom. The maximum absolute atomic E-state index is 13.1. The summed E-state index contributed by atoms with van der Waals surface area (Å²) in [5, 5.41) is 54.7. The number of aliphatic hydroxyl groups excluding tert-OH is 5. The van der Waals surface area contributed by atoms with Crippen LogP contribution in [0.1, 0.15) is 335 Å². The van der Waals surface area contributed by atoms with Gasteiger partial charge in [0.15, 0.2) is 6.29 Å². The van der Waals surface area contributed by atoms with Gasteiger partial charge in [-0.2, -0.15) is 0 Å². The second-order valence-corrected chi connectivity index (χ2v) is 24.7. The standard InChI is InChI=1S/C74H135NO8/c1-3-5-7-9-11-13-15-17-19-21-23-25-27-29-31-33-34-36-38-40-42-44-46-48-50-52-54-56-58-60-62-64-70(78)75-67(66-82-74-73(81)72(80)71(79)69(65-76)83-74)68(77)63-61-59-57-55-53-51-49-47-45-43-41-39-37-35-32-30-28-26-24-22-20-18-16-14-12-10-8-6-4-2/h15,17,21,23,27,29,45,47,53,55,61,63,67-69,71-74,76-77,79-81H,3-14,16,18-20,22,24-26,28,30-44,46,48-52,54,56-60,62,64-66H2,1-2H3,(H,75,78)/b17-15-,23-21-,29-27-,47-45+,55-53+,63-61+. The Kier molecular flexibility index (Phi) is 59.4. The predicted octanol–water partition coefficient (Wildman–Crippen LogP) is 19.5. The van der Waals surface area contributed by atoms with Crippen molar-refractivity contribution in [2.24, 2.45) is 0 Å². The third-order valence-corrected chi connectivity index (χ3v) is 16.7. The average molecular weight is 1170 g/mol. The first kappa shape index (κ1) is 78.6. The van der Waals surface area contributed by atoms with Crippen molar-refractivity contribution in [3.63, 3.8) is 0 Å². The summed E-state index contributed by atoms with van der Waals surface area (Å²) in [7, 11) is 0. The van der Waals surface area contributed by atoms with Crippen molar-refractivity contribution in [3.8, 4) is 0 Å². The van der Waals surface area contributed by atoms with Gasteiger partial charge in [0.05, 0.1) is 25.4 Å². The summed E-state index contributed by atoms with van der Waals surface area (Å²) in [5.74, 6) is -0.188. The molecule has 1 saturated heterocycles. The molecule has 7 atom stereocenters. The van der Waals surface area contributed by atoms with Gasteiger partial charge in [-0.1, -0.05) is 318 Å². The van der Waals surface area contributed by atoms with Gasteiger partial charge in [0, 0.05) is 6.42 Å². The SMILES string of the molecule is CCCCCCC/C=C\C/C=C\C/C=C\CCCCCCCCCCCCCCCCCCC(=O)NC(COC1OC(CO)C(O)C(O)C1O)C(O)/C=C/CC/C=C/CC/C=C/CCCCCCCCCCCCCCCCCCCCC. The zero-order valence-corrected chi connectivity index (χ0v) is 54.2. The van der Waals surface area contributed by atoms with E-state index in [1.807, 2.05) is 6.08 Å². The molecule has 1 heterocycles. The molecule has 1 aliphatic rings. The fourth-order valence-corrected chi connectivity index (χ4v) is 11.1. The lowest BCUT2D eigenvalue weighted by Crippen LogP contribution is -2.60. The molecule has 0 aromatic rings. The van der Waals surface area contributed by atoms with E-state index in [1.165, 1.54) is 257 Å². The van der Waals surface area contributed by atoms with Gasteiger partial charge >= 0.3 is 0 Å². The highest BCUT2D eigenvalue weighted by Gasteiger charge is 2.44. The number of amides is 1. The number of allylic oxidation sites excluding steroid dienone is 11. The lowest BCUT2D eigenvalue weighted by Gasteiger charge is -2.40. The van der Waals surface area contributed by atoms with Crippen LogP contribution in [-0.4, -0.2) is 87.5 Å². The quantitative estimate of drug-likeness (QED) is 0.0261. The van der Waals surface area contributed by atoms with Crippen molar-refractivity contribution in [2.45, 2.75) is 378 Å². The van der Waals surface area contributed by atoms with Crippen molar-refractivity contribution in [1.82, 2.24) is 5.32 Å². The monoisotopic (exact) mass is 1170 g/mol. The van der Waals surface area contributed by atoms with E-state index >= 15 is 0 Å². The Morgan fingerprint density at radius 3 is 1.10 bits per heavy atom. The molecular weight excluding hydrogens is 1030 g/mol. The third-order valence-electron chi connectivity index (χ3n) is 16.7. The van der Waals surface area contributed by atoms with Crippen molar-refractivity contribution in [3.05, 3.63) is 72.9 Å². The molecule has 0 aromatic carbocycles. The Labute approximate surface area is 512 Å². The van der Waals surface area contributed by atoms with E-state index in [0.29, 0.717) is 6.42 Å². The van der Waals surface area contributed by atoms with Crippen LogP contribution in [0.5, 0.6) is 0 Å². The normalized spacial score (nSPS) is 18.7. The molecule has 1 aliphatic heterocycles. The Hall–Kier alpha value is -2.37. The molecule has 9 nitrogen and oxygen atoms in total. The molecule has 0 spiro atoms. The van der Waals surface area contributed by atoms with Crippen LogP contribution in [0.4, 0.5) is 0 Å². The summed E-state index contributed by atoms with van der Waals surface area (Å²) in [4.78, 5) is 13.1. The first-order chi connectivity index (χ1) is 40.8. The van der Waals surface area contributed by atoms with Crippen LogP contribution in [-0.2, 0) is 14.3 Å². The van der Waals surface area contributed by atoms with E-state index < -0.39 is 49.5 Å². The maximum Gasteiger partial charge on any atom is 0.220 e. The fourth-order valence-electron chi connectivity index (χ4n) is 11.1. The lowest BCUT2D eigenvalue weighted by molar-refractivity contribution is -0.302. The van der Waals surface area contributed by atoms with Gasteiger partial charge in [-0.05, 0) is 83.5 Å². The number of carbonyl (C=O) groups excluding carboxylic acids is 1. The topological polar surface area (TPSA) is 149 Å². The second-order valence-electron chi connectivity index (χ2n) is 24.7. The van der Waals surface area contributed by atoms with Crippen molar-refractivity contribution >= 4 is 5.91 Å². The Morgan fingerprint density at radius 1 is 0.410 bits per heavy atom. The van der Waals surface area contributed by atoms with Crippen LogP contribution in [0.3, 0.4) is 0 Å². The molecule has 9 heteroatoms. The zero-order valence-electron chi connectivity index (χ0n) is 54.2. The van der Waals surface area contributed by atoms with Gasteiger partial charge in [-0.25, -0.2) is 0 Å². The molecule has 0 radical (unpaired) electrons. The summed E-state index contributed by atoms with van der Waals surface area (Å²) >= 11 is 0. The molecule has 1 fully saturated rings. The van der Waals surface area contributed by atoms with Crippen LogP contribution in [0.25, 0.3) is 0 Å². The van der Waals surface area contributed by atoms with Gasteiger partial charge in [0.2, 0.25) is 5.91 Å². The zero-order chi connectivity index (χ0) is 60.0. The van der Waals surface area contributed by atoms with Crippen LogP contribution in [0.15, 0.2) is 72.9 Å². The van der Waals surface area contributed by atoms with E-state index in [0.717, 1.165) is 57.8 Å². The van der Waals surface area contributed by atoms with Crippen molar-refractivity contribution in [1.29, 1.82) is 0 Å². The molecule has 0 saturated carbocycles. The summed E-state index contributed by atoms with van der Waals surface area (Å²) in [6, 6.07) is -0.833. The summed E-state index contributed by atoms with van der Waals surface area (Å²) < 4.78 is 11.3. The number of hydrogen-bond donors (Lipinski definition) is 6. The maximum atomic E-state index is 13.1. The molecule has 83 heavy (non-hydrogen) atoms. The summed E-state index contributed by atoms with van der Waals surface area (Å²) in [5.41, 5.74) is 0. The molecule has 0 bridgehead atoms. The first-order valence-electron chi connectivity index (χ1n) is 35.7. The Balaban J connectivity index is 2.16. The highest BCUT2D eigenvalue weighted by molar-refractivity contribution is 5.76. The highest BCUT2D eigenvalue weighted by atomic mass is 16.7.